The molecule has 4 rings (SSSR count). The fourth-order valence-corrected chi connectivity index (χ4v) is 4.60. The Bertz CT molecular complexity index is 960. The summed E-state index contributed by atoms with van der Waals surface area (Å²) in [5, 5.41) is 10.5. The standard InChI is InChI=1S/C22H24ClFN4OS/c23-20-4-2-1-3-17(20)9-16-30-22-26-25-21(18-5-7-19(24)8-6-18)28(22)11-10-27-12-14-29-15-13-27/h1-8H,9-16H2. The van der Waals surface area contributed by atoms with Crippen LogP contribution in [0.15, 0.2) is 53.7 Å². The molecule has 0 aliphatic carbocycles. The number of hydrogen-bond acceptors (Lipinski definition) is 5. The number of aromatic nitrogens is 3. The van der Waals surface area contributed by atoms with Crippen molar-refractivity contribution in [2.75, 3.05) is 38.6 Å². The van der Waals surface area contributed by atoms with Gasteiger partial charge in [-0.05, 0) is 42.3 Å². The van der Waals surface area contributed by atoms with Crippen molar-refractivity contribution in [1.29, 1.82) is 0 Å². The number of nitrogens with zero attached hydrogens (tertiary/aromatic N) is 4. The van der Waals surface area contributed by atoms with Crippen LogP contribution in [0.2, 0.25) is 5.02 Å². The molecule has 30 heavy (non-hydrogen) atoms. The fourth-order valence-electron chi connectivity index (χ4n) is 3.43. The van der Waals surface area contributed by atoms with Crippen LogP contribution in [0.4, 0.5) is 4.39 Å². The van der Waals surface area contributed by atoms with E-state index in [4.69, 9.17) is 16.3 Å². The van der Waals surface area contributed by atoms with Gasteiger partial charge in [-0.25, -0.2) is 4.39 Å². The Morgan fingerprint density at radius 1 is 1.00 bits per heavy atom. The maximum absolute atomic E-state index is 13.4. The van der Waals surface area contributed by atoms with Crippen LogP contribution < -0.4 is 0 Å². The van der Waals surface area contributed by atoms with Gasteiger partial charge in [0, 0.05) is 42.5 Å². The Kier molecular flexibility index (Phi) is 7.38. The van der Waals surface area contributed by atoms with Gasteiger partial charge in [0.05, 0.1) is 13.2 Å². The summed E-state index contributed by atoms with van der Waals surface area (Å²) < 4.78 is 21.0. The number of thioether (sulfide) groups is 1. The van der Waals surface area contributed by atoms with Gasteiger partial charge in [0.1, 0.15) is 5.82 Å². The van der Waals surface area contributed by atoms with Gasteiger partial charge < -0.3 is 9.30 Å². The Morgan fingerprint density at radius 2 is 1.77 bits per heavy atom. The first-order valence-corrected chi connectivity index (χ1v) is 11.4. The van der Waals surface area contributed by atoms with Crippen LogP contribution in [0.3, 0.4) is 0 Å². The van der Waals surface area contributed by atoms with Gasteiger partial charge in [-0.1, -0.05) is 41.6 Å². The van der Waals surface area contributed by atoms with Crippen molar-refractivity contribution >= 4 is 23.4 Å². The van der Waals surface area contributed by atoms with E-state index < -0.39 is 0 Å². The molecule has 0 unspecified atom stereocenters. The summed E-state index contributed by atoms with van der Waals surface area (Å²) in [6.07, 6.45) is 0.854. The Morgan fingerprint density at radius 3 is 2.53 bits per heavy atom. The van der Waals surface area contributed by atoms with E-state index in [2.05, 4.69) is 25.7 Å². The van der Waals surface area contributed by atoms with Crippen molar-refractivity contribution in [2.45, 2.75) is 18.1 Å². The van der Waals surface area contributed by atoms with Gasteiger partial charge in [0.15, 0.2) is 11.0 Å². The topological polar surface area (TPSA) is 43.2 Å². The van der Waals surface area contributed by atoms with Crippen LogP contribution in [-0.4, -0.2) is 58.3 Å². The van der Waals surface area contributed by atoms with Crippen LogP contribution in [0, 0.1) is 5.82 Å². The largest absolute Gasteiger partial charge is 0.379 e. The second-order valence-corrected chi connectivity index (χ2v) is 8.58. The van der Waals surface area contributed by atoms with E-state index in [0.717, 1.165) is 78.7 Å². The third-order valence-electron chi connectivity index (χ3n) is 5.12. The maximum atomic E-state index is 13.4. The molecule has 158 valence electrons. The normalized spacial score (nSPS) is 14.9. The second-order valence-electron chi connectivity index (χ2n) is 7.11. The number of aryl methyl sites for hydroxylation is 1. The molecule has 0 bridgehead atoms. The van der Waals surface area contributed by atoms with Gasteiger partial charge in [0.25, 0.3) is 0 Å². The molecule has 8 heteroatoms. The molecule has 0 spiro atoms. The monoisotopic (exact) mass is 446 g/mol. The zero-order valence-corrected chi connectivity index (χ0v) is 18.2. The predicted octanol–water partition coefficient (Wildman–Crippen LogP) is 4.40. The lowest BCUT2D eigenvalue weighted by Crippen LogP contribution is -2.38. The van der Waals surface area contributed by atoms with Crippen molar-refractivity contribution in [2.24, 2.45) is 0 Å². The molecule has 0 amide bonds. The van der Waals surface area contributed by atoms with E-state index in [1.807, 2.05) is 18.2 Å². The van der Waals surface area contributed by atoms with E-state index in [1.54, 1.807) is 23.9 Å². The molecule has 2 aromatic carbocycles. The predicted molar refractivity (Wildman–Crippen MR) is 119 cm³/mol. The van der Waals surface area contributed by atoms with Gasteiger partial charge in [0.2, 0.25) is 0 Å². The summed E-state index contributed by atoms with van der Waals surface area (Å²) in [4.78, 5) is 2.39. The first-order valence-electron chi connectivity index (χ1n) is 10.1. The number of hydrogen-bond donors (Lipinski definition) is 0. The highest BCUT2D eigenvalue weighted by molar-refractivity contribution is 7.99. The molecule has 3 aromatic rings. The lowest BCUT2D eigenvalue weighted by Gasteiger charge is -2.27. The first kappa shape index (κ1) is 21.3. The Hall–Kier alpha value is -1.93. The molecular weight excluding hydrogens is 423 g/mol. The molecular formula is C22H24ClFN4OS. The fraction of sp³-hybridized carbons (Fsp3) is 0.364. The number of rotatable bonds is 8. The highest BCUT2D eigenvalue weighted by Gasteiger charge is 2.17. The van der Waals surface area contributed by atoms with Crippen LogP contribution in [0.25, 0.3) is 11.4 Å². The third kappa shape index (κ3) is 5.40. The zero-order valence-electron chi connectivity index (χ0n) is 16.6. The minimum atomic E-state index is -0.257. The molecule has 0 saturated carbocycles. The van der Waals surface area contributed by atoms with E-state index in [9.17, 15) is 4.39 Å². The van der Waals surface area contributed by atoms with E-state index in [-0.39, 0.29) is 5.82 Å². The summed E-state index contributed by atoms with van der Waals surface area (Å²) in [6, 6.07) is 14.3. The van der Waals surface area contributed by atoms with Crippen molar-refractivity contribution in [3.05, 3.63) is 64.9 Å². The molecule has 0 atom stereocenters. The lowest BCUT2D eigenvalue weighted by molar-refractivity contribution is 0.0361. The number of benzene rings is 2. The third-order valence-corrected chi connectivity index (χ3v) is 6.46. The molecule has 1 aliphatic heterocycles. The summed E-state index contributed by atoms with van der Waals surface area (Å²) in [7, 11) is 0. The van der Waals surface area contributed by atoms with Gasteiger partial charge in [-0.3, -0.25) is 4.90 Å². The SMILES string of the molecule is Fc1ccc(-c2nnc(SCCc3ccccc3Cl)n2CCN2CCOCC2)cc1. The lowest BCUT2D eigenvalue weighted by atomic mass is 10.2. The quantitative estimate of drug-likeness (QED) is 0.480. The van der Waals surface area contributed by atoms with Crippen LogP contribution in [0.5, 0.6) is 0 Å². The van der Waals surface area contributed by atoms with Crippen molar-refractivity contribution in [3.8, 4) is 11.4 Å². The molecule has 5 nitrogen and oxygen atoms in total. The van der Waals surface area contributed by atoms with Crippen molar-refractivity contribution in [1.82, 2.24) is 19.7 Å². The second kappa shape index (κ2) is 10.4. The minimum Gasteiger partial charge on any atom is -0.379 e. The number of halogens is 2. The minimum absolute atomic E-state index is 0.257. The van der Waals surface area contributed by atoms with Crippen LogP contribution in [-0.2, 0) is 17.7 Å². The zero-order chi connectivity index (χ0) is 20.8. The molecule has 0 radical (unpaired) electrons. The smallest absolute Gasteiger partial charge is 0.191 e. The molecule has 1 aromatic heterocycles. The summed E-state index contributed by atoms with van der Waals surface area (Å²) in [5.74, 6) is 1.36. The van der Waals surface area contributed by atoms with Crippen molar-refractivity contribution in [3.63, 3.8) is 0 Å². The number of ether oxygens (including phenoxy) is 1. The molecule has 1 saturated heterocycles. The van der Waals surface area contributed by atoms with Crippen LogP contribution in [0.1, 0.15) is 5.56 Å². The molecule has 1 fully saturated rings. The van der Waals surface area contributed by atoms with E-state index in [1.165, 1.54) is 12.1 Å². The summed E-state index contributed by atoms with van der Waals surface area (Å²) in [6.45, 7) is 5.08. The maximum Gasteiger partial charge on any atom is 0.191 e. The van der Waals surface area contributed by atoms with E-state index in [0.29, 0.717) is 0 Å². The van der Waals surface area contributed by atoms with Gasteiger partial charge in [-0.2, -0.15) is 0 Å². The Labute approximate surface area is 185 Å². The van der Waals surface area contributed by atoms with Crippen molar-refractivity contribution < 1.29 is 9.13 Å². The van der Waals surface area contributed by atoms with Gasteiger partial charge in [-0.15, -0.1) is 10.2 Å². The number of morpholine rings is 1. The highest BCUT2D eigenvalue weighted by Crippen LogP contribution is 2.26. The summed E-state index contributed by atoms with van der Waals surface area (Å²) in [5.41, 5.74) is 1.99. The molecule has 0 N–H and O–H groups in total. The summed E-state index contributed by atoms with van der Waals surface area (Å²) >= 11 is 7.95. The average Bonchev–Trinajstić information content (AvgIpc) is 3.17. The van der Waals surface area contributed by atoms with Crippen LogP contribution >= 0.6 is 23.4 Å². The average molecular weight is 447 g/mol. The molecule has 2 heterocycles. The highest BCUT2D eigenvalue weighted by atomic mass is 35.5. The first-order chi connectivity index (χ1) is 14.7. The van der Waals surface area contributed by atoms with Gasteiger partial charge >= 0.3 is 0 Å². The Balaban J connectivity index is 1.49. The molecule has 1 aliphatic rings. The van der Waals surface area contributed by atoms with E-state index >= 15 is 0 Å².